The van der Waals surface area contributed by atoms with Crippen molar-refractivity contribution >= 4 is 27.5 Å². The Bertz CT molecular complexity index is 1290. The molecule has 8 nitrogen and oxygen atoms in total. The normalized spacial score (nSPS) is 10.9. The molecule has 0 bridgehead atoms. The molecule has 0 radical (unpaired) electrons. The number of amides is 2. The number of methoxy groups -OCH3 is 1. The Balaban J connectivity index is 1.64. The fraction of sp³-hybridized carbons (Fsp3) is 0.200. The van der Waals surface area contributed by atoms with E-state index in [0.717, 1.165) is 17.4 Å². The molecule has 0 unspecified atom stereocenters. The number of ether oxygens (including phenoxy) is 2. The van der Waals surface area contributed by atoms with Gasteiger partial charge in [-0.15, -0.1) is 0 Å². The molecule has 0 aliphatic carbocycles. The third-order valence-corrected chi connectivity index (χ3v) is 5.70. The molecule has 3 aromatic carbocycles. The van der Waals surface area contributed by atoms with Crippen molar-refractivity contribution in [3.05, 3.63) is 89.0 Å². The van der Waals surface area contributed by atoms with Crippen LogP contribution in [0.15, 0.2) is 66.7 Å². The molecule has 2 N–H and O–H groups in total. The predicted octanol–water partition coefficient (Wildman–Crippen LogP) is 4.09. The third kappa shape index (κ3) is 7.08. The van der Waals surface area contributed by atoms with Crippen LogP contribution in [0.3, 0.4) is 0 Å². The second-order valence-electron chi connectivity index (χ2n) is 7.78. The molecule has 0 saturated carbocycles. The summed E-state index contributed by atoms with van der Waals surface area (Å²) in [5.74, 6) is 0.200. The maximum Gasteiger partial charge on any atom is 0.412 e. The number of sulfone groups is 1. The monoisotopic (exact) mass is 482 g/mol. The number of carbonyl (C=O) groups excluding carboxylic acids is 2. The van der Waals surface area contributed by atoms with Crippen LogP contribution in [0.5, 0.6) is 11.5 Å². The number of carbonyl (C=O) groups is 2. The van der Waals surface area contributed by atoms with Crippen molar-refractivity contribution in [1.29, 1.82) is 0 Å². The van der Waals surface area contributed by atoms with Gasteiger partial charge in [0, 0.05) is 24.1 Å². The summed E-state index contributed by atoms with van der Waals surface area (Å²) < 4.78 is 33.6. The van der Waals surface area contributed by atoms with Gasteiger partial charge in [0.1, 0.15) is 11.5 Å². The molecular weight excluding hydrogens is 456 g/mol. The number of aryl methyl sites for hydroxylation is 1. The lowest BCUT2D eigenvalue weighted by Gasteiger charge is -2.13. The Labute approximate surface area is 198 Å². The van der Waals surface area contributed by atoms with E-state index >= 15 is 0 Å². The van der Waals surface area contributed by atoms with E-state index < -0.39 is 21.8 Å². The van der Waals surface area contributed by atoms with Crippen LogP contribution < -0.4 is 20.1 Å². The molecule has 178 valence electrons. The molecule has 0 atom stereocenters. The minimum atomic E-state index is -3.15. The van der Waals surface area contributed by atoms with Crippen LogP contribution in [0.4, 0.5) is 10.5 Å². The Hall–Kier alpha value is -3.85. The molecule has 0 aliphatic rings. The van der Waals surface area contributed by atoms with Gasteiger partial charge in [0.25, 0.3) is 5.91 Å². The molecule has 0 saturated heterocycles. The zero-order chi connectivity index (χ0) is 24.7. The van der Waals surface area contributed by atoms with Crippen LogP contribution in [0.1, 0.15) is 27.0 Å². The number of nitrogens with one attached hydrogen (secondary N) is 2. The van der Waals surface area contributed by atoms with E-state index in [-0.39, 0.29) is 23.6 Å². The van der Waals surface area contributed by atoms with E-state index in [1.807, 2.05) is 25.1 Å². The van der Waals surface area contributed by atoms with Gasteiger partial charge >= 0.3 is 6.09 Å². The first-order valence-corrected chi connectivity index (χ1v) is 12.5. The molecular formula is C25H26N2O6S. The van der Waals surface area contributed by atoms with Crippen molar-refractivity contribution in [2.45, 2.75) is 19.2 Å². The molecule has 0 heterocycles. The van der Waals surface area contributed by atoms with Crippen molar-refractivity contribution in [3.8, 4) is 11.5 Å². The Kier molecular flexibility index (Phi) is 7.91. The summed E-state index contributed by atoms with van der Waals surface area (Å²) in [6, 6.07) is 18.5. The molecule has 0 spiro atoms. The van der Waals surface area contributed by atoms with Gasteiger partial charge < -0.3 is 20.1 Å². The highest BCUT2D eigenvalue weighted by Gasteiger charge is 2.16. The van der Waals surface area contributed by atoms with Crippen LogP contribution in [0.2, 0.25) is 0 Å². The first kappa shape index (κ1) is 24.8. The third-order valence-electron chi connectivity index (χ3n) is 4.84. The fourth-order valence-corrected chi connectivity index (χ4v) is 4.03. The van der Waals surface area contributed by atoms with Gasteiger partial charge in [0.15, 0.2) is 9.84 Å². The first-order valence-electron chi connectivity index (χ1n) is 10.4. The quantitative estimate of drug-likeness (QED) is 0.500. The standard InChI is InChI=1S/C25H26N2O6S/c1-17-8-11-19(23(14-17)32-2)15-26-25(29)33-22-7-5-4-6-21(22)24(28)27-20-12-9-18(10-13-20)16-34(3,30)31/h4-14H,15-16H2,1-3H3,(H,26,29)(H,27,28). The summed E-state index contributed by atoms with van der Waals surface area (Å²) in [5.41, 5.74) is 3.09. The zero-order valence-corrected chi connectivity index (χ0v) is 19.9. The number of para-hydroxylation sites is 1. The van der Waals surface area contributed by atoms with Gasteiger partial charge in [0.05, 0.1) is 18.4 Å². The second-order valence-corrected chi connectivity index (χ2v) is 9.92. The fourth-order valence-electron chi connectivity index (χ4n) is 3.23. The highest BCUT2D eigenvalue weighted by atomic mass is 32.2. The summed E-state index contributed by atoms with van der Waals surface area (Å²) in [6.07, 6.45) is 0.445. The van der Waals surface area contributed by atoms with E-state index in [2.05, 4.69) is 10.6 Å². The second kappa shape index (κ2) is 10.8. The maximum atomic E-state index is 12.8. The summed E-state index contributed by atoms with van der Waals surface area (Å²) in [7, 11) is -1.59. The van der Waals surface area contributed by atoms with Crippen molar-refractivity contribution in [2.24, 2.45) is 0 Å². The van der Waals surface area contributed by atoms with Gasteiger partial charge in [-0.1, -0.05) is 36.4 Å². The lowest BCUT2D eigenvalue weighted by atomic mass is 10.1. The summed E-state index contributed by atoms with van der Waals surface area (Å²) in [6.45, 7) is 2.14. The highest BCUT2D eigenvalue weighted by Crippen LogP contribution is 2.22. The topological polar surface area (TPSA) is 111 Å². The number of rotatable bonds is 8. The van der Waals surface area contributed by atoms with Gasteiger partial charge in [-0.25, -0.2) is 13.2 Å². The number of anilines is 1. The predicted molar refractivity (Wildman–Crippen MR) is 130 cm³/mol. The van der Waals surface area contributed by atoms with Crippen molar-refractivity contribution in [1.82, 2.24) is 5.32 Å². The van der Waals surface area contributed by atoms with Crippen LogP contribution in [0, 0.1) is 6.92 Å². The molecule has 0 aliphatic heterocycles. The lowest BCUT2D eigenvalue weighted by molar-refractivity contribution is 0.102. The first-order chi connectivity index (χ1) is 16.1. The maximum absolute atomic E-state index is 12.8. The average Bonchev–Trinajstić information content (AvgIpc) is 2.78. The van der Waals surface area contributed by atoms with Crippen LogP contribution in [-0.4, -0.2) is 33.8 Å². The van der Waals surface area contributed by atoms with E-state index in [1.54, 1.807) is 49.6 Å². The van der Waals surface area contributed by atoms with Crippen LogP contribution in [0.25, 0.3) is 0 Å². The minimum absolute atomic E-state index is 0.0819. The van der Waals surface area contributed by atoms with E-state index in [9.17, 15) is 18.0 Å². The van der Waals surface area contributed by atoms with Gasteiger partial charge in [0.2, 0.25) is 0 Å². The van der Waals surface area contributed by atoms with Gasteiger partial charge in [-0.2, -0.15) is 0 Å². The number of benzene rings is 3. The van der Waals surface area contributed by atoms with Gasteiger partial charge in [-0.3, -0.25) is 4.79 Å². The summed E-state index contributed by atoms with van der Waals surface area (Å²) in [4.78, 5) is 25.2. The molecule has 2 amide bonds. The summed E-state index contributed by atoms with van der Waals surface area (Å²) in [5, 5.41) is 5.38. The minimum Gasteiger partial charge on any atom is -0.496 e. The lowest BCUT2D eigenvalue weighted by Crippen LogP contribution is -2.27. The van der Waals surface area contributed by atoms with E-state index in [4.69, 9.17) is 9.47 Å². The Morgan fingerprint density at radius 1 is 0.941 bits per heavy atom. The molecule has 0 aromatic heterocycles. The smallest absolute Gasteiger partial charge is 0.412 e. The largest absolute Gasteiger partial charge is 0.496 e. The number of hydrogen-bond donors (Lipinski definition) is 2. The molecule has 3 rings (SSSR count). The Morgan fingerprint density at radius 2 is 1.65 bits per heavy atom. The van der Waals surface area contributed by atoms with E-state index in [1.165, 1.54) is 6.07 Å². The zero-order valence-electron chi connectivity index (χ0n) is 19.1. The highest BCUT2D eigenvalue weighted by molar-refractivity contribution is 7.89. The van der Waals surface area contributed by atoms with Crippen molar-refractivity contribution < 1.29 is 27.5 Å². The SMILES string of the molecule is COc1cc(C)ccc1CNC(=O)Oc1ccccc1C(=O)Nc1ccc(CS(C)(=O)=O)cc1. The number of hydrogen-bond acceptors (Lipinski definition) is 6. The Morgan fingerprint density at radius 3 is 2.32 bits per heavy atom. The van der Waals surface area contributed by atoms with Gasteiger partial charge in [-0.05, 0) is 48.4 Å². The van der Waals surface area contributed by atoms with Crippen molar-refractivity contribution in [3.63, 3.8) is 0 Å². The van der Waals surface area contributed by atoms with Crippen LogP contribution in [-0.2, 0) is 22.1 Å². The van der Waals surface area contributed by atoms with Crippen molar-refractivity contribution in [2.75, 3.05) is 18.7 Å². The summed E-state index contributed by atoms with van der Waals surface area (Å²) >= 11 is 0. The molecule has 34 heavy (non-hydrogen) atoms. The molecule has 0 fully saturated rings. The van der Waals surface area contributed by atoms with E-state index in [0.29, 0.717) is 17.0 Å². The average molecular weight is 483 g/mol. The molecule has 3 aromatic rings. The molecule has 9 heteroatoms. The van der Waals surface area contributed by atoms with Crippen LogP contribution >= 0.6 is 0 Å².